The van der Waals surface area contributed by atoms with Gasteiger partial charge in [0.15, 0.2) is 0 Å². The summed E-state index contributed by atoms with van der Waals surface area (Å²) in [5.74, 6) is 0. The van der Waals surface area contributed by atoms with Crippen LogP contribution in [0.15, 0.2) is 24.5 Å². The smallest absolute Gasteiger partial charge is 0.129 e. The maximum absolute atomic E-state index is 5.75. The normalized spacial score (nSPS) is 10.4. The van der Waals surface area contributed by atoms with Crippen molar-refractivity contribution in [2.45, 2.75) is 13.5 Å². The molecule has 72 valence electrons. The number of hydrogen-bond donors (Lipinski definition) is 0. The molecule has 0 spiro atoms. The van der Waals surface area contributed by atoms with Crippen LogP contribution in [-0.4, -0.2) is 20.0 Å². The van der Waals surface area contributed by atoms with Crippen LogP contribution in [0.1, 0.15) is 11.3 Å². The predicted octanol–water partition coefficient (Wildman–Crippen LogP) is 1.68. The van der Waals surface area contributed by atoms with Gasteiger partial charge in [-0.15, -0.1) is 0 Å². The second-order valence-electron chi connectivity index (χ2n) is 2.94. The lowest BCUT2D eigenvalue weighted by Crippen LogP contribution is -2.05. The molecule has 2 aromatic rings. The van der Waals surface area contributed by atoms with Gasteiger partial charge in [-0.05, 0) is 18.6 Å². The van der Waals surface area contributed by atoms with Gasteiger partial charge in [-0.3, -0.25) is 0 Å². The Balaban J connectivity index is 2.25. The first-order valence-electron chi connectivity index (χ1n) is 4.22. The summed E-state index contributed by atoms with van der Waals surface area (Å²) in [5, 5.41) is 8.55. The van der Waals surface area contributed by atoms with Crippen LogP contribution in [0.3, 0.4) is 0 Å². The van der Waals surface area contributed by atoms with Crippen molar-refractivity contribution in [2.24, 2.45) is 0 Å². The highest BCUT2D eigenvalue weighted by Gasteiger charge is 2.02. The largest absolute Gasteiger partial charge is 0.241 e. The Morgan fingerprint density at radius 3 is 2.64 bits per heavy atom. The van der Waals surface area contributed by atoms with Gasteiger partial charge in [0, 0.05) is 5.69 Å². The molecule has 2 aromatic heterocycles. The summed E-state index contributed by atoms with van der Waals surface area (Å²) in [5.41, 5.74) is 1.99. The van der Waals surface area contributed by atoms with Crippen LogP contribution >= 0.6 is 11.6 Å². The average Bonchev–Trinajstić information content (AvgIpc) is 2.62. The van der Waals surface area contributed by atoms with Gasteiger partial charge in [-0.1, -0.05) is 17.7 Å². The number of pyridine rings is 1. The maximum atomic E-state index is 5.75. The van der Waals surface area contributed by atoms with Crippen LogP contribution in [-0.2, 0) is 6.54 Å². The highest BCUT2D eigenvalue weighted by atomic mass is 35.5. The van der Waals surface area contributed by atoms with Crippen molar-refractivity contribution in [1.82, 2.24) is 20.0 Å². The lowest BCUT2D eigenvalue weighted by molar-refractivity contribution is 0.588. The van der Waals surface area contributed by atoms with Crippen molar-refractivity contribution in [1.29, 1.82) is 0 Å². The summed E-state index contributed by atoms with van der Waals surface area (Å²) in [7, 11) is 0. The summed E-state index contributed by atoms with van der Waals surface area (Å²) in [6.07, 6.45) is 3.30. The fourth-order valence-electron chi connectivity index (χ4n) is 1.20. The first kappa shape index (κ1) is 9.15. The molecule has 0 aliphatic carbocycles. The molecule has 0 aliphatic heterocycles. The molecule has 5 heteroatoms. The number of nitrogens with zero attached hydrogens (tertiary/aromatic N) is 4. The van der Waals surface area contributed by atoms with E-state index in [1.165, 1.54) is 0 Å². The molecule has 0 N–H and O–H groups in total. The molecule has 0 aromatic carbocycles. The van der Waals surface area contributed by atoms with Gasteiger partial charge in [0.25, 0.3) is 0 Å². The Morgan fingerprint density at radius 1 is 1.29 bits per heavy atom. The lowest BCUT2D eigenvalue weighted by atomic mass is 10.2. The van der Waals surface area contributed by atoms with Gasteiger partial charge in [-0.25, -0.2) is 4.98 Å². The van der Waals surface area contributed by atoms with Gasteiger partial charge in [-0.2, -0.15) is 15.0 Å². The fourth-order valence-corrected chi connectivity index (χ4v) is 1.39. The van der Waals surface area contributed by atoms with Crippen molar-refractivity contribution in [3.8, 4) is 0 Å². The third-order valence-corrected chi connectivity index (χ3v) is 2.15. The molecule has 14 heavy (non-hydrogen) atoms. The number of rotatable bonds is 2. The van der Waals surface area contributed by atoms with Crippen molar-refractivity contribution < 1.29 is 0 Å². The SMILES string of the molecule is Cc1nc(Cl)ccc1Cn1nccn1. The van der Waals surface area contributed by atoms with E-state index in [0.717, 1.165) is 11.3 Å². The topological polar surface area (TPSA) is 43.6 Å². The molecule has 2 heterocycles. The Bertz CT molecular complexity index is 424. The molecular weight excluding hydrogens is 200 g/mol. The van der Waals surface area contributed by atoms with Gasteiger partial charge < -0.3 is 0 Å². The molecule has 0 unspecified atom stereocenters. The fraction of sp³-hybridized carbons (Fsp3) is 0.222. The van der Waals surface area contributed by atoms with Crippen molar-refractivity contribution in [2.75, 3.05) is 0 Å². The summed E-state index contributed by atoms with van der Waals surface area (Å²) in [4.78, 5) is 5.76. The molecule has 0 saturated heterocycles. The van der Waals surface area contributed by atoms with Gasteiger partial charge >= 0.3 is 0 Å². The molecular formula is C9H9ClN4. The molecule has 0 radical (unpaired) electrons. The molecule has 0 amide bonds. The summed E-state index contributed by atoms with van der Waals surface area (Å²) < 4.78 is 0. The summed E-state index contributed by atoms with van der Waals surface area (Å²) in [6.45, 7) is 2.55. The minimum absolute atomic E-state index is 0.514. The standard InChI is InChI=1S/C9H9ClN4/c1-7-8(2-3-9(10)13-7)6-14-11-4-5-12-14/h2-5H,6H2,1H3. The molecule has 2 rings (SSSR count). The zero-order valence-electron chi connectivity index (χ0n) is 7.68. The molecule has 0 bridgehead atoms. The van der Waals surface area contributed by atoms with E-state index in [2.05, 4.69) is 15.2 Å². The molecule has 0 saturated carbocycles. The summed E-state index contributed by atoms with van der Waals surface area (Å²) >= 11 is 5.75. The van der Waals surface area contributed by atoms with Crippen LogP contribution in [0.5, 0.6) is 0 Å². The Hall–Kier alpha value is -1.42. The van der Waals surface area contributed by atoms with E-state index >= 15 is 0 Å². The highest BCUT2D eigenvalue weighted by molar-refractivity contribution is 6.29. The second-order valence-corrected chi connectivity index (χ2v) is 3.33. The predicted molar refractivity (Wildman–Crippen MR) is 53.1 cm³/mol. The van der Waals surface area contributed by atoms with Crippen LogP contribution in [0.2, 0.25) is 5.15 Å². The van der Waals surface area contributed by atoms with E-state index in [0.29, 0.717) is 11.7 Å². The van der Waals surface area contributed by atoms with Crippen LogP contribution in [0, 0.1) is 6.92 Å². The van der Waals surface area contributed by atoms with Crippen molar-refractivity contribution in [3.05, 3.63) is 40.9 Å². The van der Waals surface area contributed by atoms with E-state index in [1.807, 2.05) is 13.0 Å². The first-order valence-corrected chi connectivity index (χ1v) is 4.59. The molecule has 0 atom stereocenters. The molecule has 0 aliphatic rings. The highest BCUT2D eigenvalue weighted by Crippen LogP contribution is 2.11. The Kier molecular flexibility index (Phi) is 2.45. The van der Waals surface area contributed by atoms with Gasteiger partial charge in [0.2, 0.25) is 0 Å². The zero-order chi connectivity index (χ0) is 9.97. The lowest BCUT2D eigenvalue weighted by Gasteiger charge is -2.03. The van der Waals surface area contributed by atoms with E-state index in [-0.39, 0.29) is 0 Å². The monoisotopic (exact) mass is 208 g/mol. The minimum Gasteiger partial charge on any atom is -0.241 e. The molecule has 4 nitrogen and oxygen atoms in total. The quantitative estimate of drug-likeness (QED) is 0.706. The zero-order valence-corrected chi connectivity index (χ0v) is 8.44. The summed E-state index contributed by atoms with van der Waals surface area (Å²) in [6, 6.07) is 3.71. The minimum atomic E-state index is 0.514. The van der Waals surface area contributed by atoms with Gasteiger partial charge in [0.1, 0.15) is 5.15 Å². The Morgan fingerprint density at radius 2 is 2.00 bits per heavy atom. The van der Waals surface area contributed by atoms with Crippen LogP contribution in [0.25, 0.3) is 0 Å². The van der Waals surface area contributed by atoms with E-state index in [9.17, 15) is 0 Å². The van der Waals surface area contributed by atoms with Gasteiger partial charge in [0.05, 0.1) is 18.9 Å². The average molecular weight is 209 g/mol. The molecule has 0 fully saturated rings. The third-order valence-electron chi connectivity index (χ3n) is 1.94. The van der Waals surface area contributed by atoms with Crippen molar-refractivity contribution in [3.63, 3.8) is 0 Å². The number of hydrogen-bond acceptors (Lipinski definition) is 3. The number of aromatic nitrogens is 4. The van der Waals surface area contributed by atoms with Crippen LogP contribution in [0.4, 0.5) is 0 Å². The third kappa shape index (κ3) is 1.90. The maximum Gasteiger partial charge on any atom is 0.129 e. The van der Waals surface area contributed by atoms with Crippen molar-refractivity contribution >= 4 is 11.6 Å². The van der Waals surface area contributed by atoms with Crippen LogP contribution < -0.4 is 0 Å². The van der Waals surface area contributed by atoms with E-state index < -0.39 is 0 Å². The second kappa shape index (κ2) is 3.75. The van der Waals surface area contributed by atoms with E-state index in [1.54, 1.807) is 23.3 Å². The first-order chi connectivity index (χ1) is 6.75. The number of aryl methyl sites for hydroxylation is 1. The van der Waals surface area contributed by atoms with E-state index in [4.69, 9.17) is 11.6 Å². The Labute approximate surface area is 86.5 Å². The number of halogens is 1.